The molecule has 0 radical (unpaired) electrons. The molecule has 2 aromatic rings. The molecular weight excluding hydrogens is 252 g/mol. The molecule has 106 valence electrons. The molecular formula is C16H20N2O2. The number of nitrogens with zero attached hydrogens (tertiary/aromatic N) is 2. The Morgan fingerprint density at radius 1 is 1.35 bits per heavy atom. The van der Waals surface area contributed by atoms with Crippen molar-refractivity contribution < 1.29 is 9.90 Å². The van der Waals surface area contributed by atoms with Crippen LogP contribution in [-0.4, -0.2) is 28.6 Å². The molecule has 1 aromatic carbocycles. The first-order valence-electron chi connectivity index (χ1n) is 6.84. The minimum absolute atomic E-state index is 0.133. The Morgan fingerprint density at radius 3 is 2.70 bits per heavy atom. The molecule has 0 aliphatic carbocycles. The number of carboxylic acid groups (broad SMARTS) is 1. The van der Waals surface area contributed by atoms with E-state index in [2.05, 4.69) is 23.7 Å². The summed E-state index contributed by atoms with van der Waals surface area (Å²) in [6, 6.07) is 10.2. The number of aliphatic carboxylic acids is 1. The number of aromatic nitrogens is 1. The monoisotopic (exact) mass is 272 g/mol. The number of para-hydroxylation sites is 1. The molecule has 0 aliphatic heterocycles. The van der Waals surface area contributed by atoms with Gasteiger partial charge in [-0.2, -0.15) is 0 Å². The number of benzene rings is 1. The number of aryl methyl sites for hydroxylation is 1. The Hall–Kier alpha value is -2.10. The molecule has 0 aliphatic rings. The lowest BCUT2D eigenvalue weighted by Gasteiger charge is -2.29. The summed E-state index contributed by atoms with van der Waals surface area (Å²) < 4.78 is 0. The van der Waals surface area contributed by atoms with E-state index in [9.17, 15) is 4.79 Å². The van der Waals surface area contributed by atoms with Crippen LogP contribution in [0.4, 0.5) is 5.69 Å². The Bertz CT molecular complexity index is 623. The van der Waals surface area contributed by atoms with E-state index in [4.69, 9.17) is 5.11 Å². The molecule has 0 bridgehead atoms. The highest BCUT2D eigenvalue weighted by Gasteiger charge is 2.15. The zero-order valence-electron chi connectivity index (χ0n) is 12.1. The van der Waals surface area contributed by atoms with Crippen molar-refractivity contribution in [2.75, 3.05) is 11.4 Å². The van der Waals surface area contributed by atoms with Crippen LogP contribution in [0.15, 0.2) is 30.3 Å². The smallest absolute Gasteiger partial charge is 0.305 e. The molecule has 0 saturated carbocycles. The van der Waals surface area contributed by atoms with Gasteiger partial charge in [0, 0.05) is 29.4 Å². The van der Waals surface area contributed by atoms with Crippen molar-refractivity contribution in [3.05, 3.63) is 36.0 Å². The molecule has 20 heavy (non-hydrogen) atoms. The van der Waals surface area contributed by atoms with Gasteiger partial charge in [-0.1, -0.05) is 18.2 Å². The molecule has 0 fully saturated rings. The zero-order valence-corrected chi connectivity index (χ0v) is 12.1. The fraction of sp³-hybridized carbons (Fsp3) is 0.375. The fourth-order valence-corrected chi connectivity index (χ4v) is 2.40. The van der Waals surface area contributed by atoms with Gasteiger partial charge in [0.15, 0.2) is 0 Å². The summed E-state index contributed by atoms with van der Waals surface area (Å²) in [6.45, 7) is 6.62. The van der Waals surface area contributed by atoms with E-state index in [1.807, 2.05) is 37.3 Å². The third-order valence-electron chi connectivity index (χ3n) is 3.32. The van der Waals surface area contributed by atoms with Crippen LogP contribution in [0.3, 0.4) is 0 Å². The average molecular weight is 272 g/mol. The van der Waals surface area contributed by atoms with Crippen LogP contribution in [0, 0.1) is 6.92 Å². The predicted octanol–water partition coefficient (Wildman–Crippen LogP) is 3.23. The largest absolute Gasteiger partial charge is 0.481 e. The molecule has 0 spiro atoms. The number of anilines is 1. The highest BCUT2D eigenvalue weighted by Crippen LogP contribution is 2.28. The quantitative estimate of drug-likeness (QED) is 0.908. The van der Waals surface area contributed by atoms with Crippen molar-refractivity contribution in [2.24, 2.45) is 0 Å². The minimum atomic E-state index is -0.772. The molecule has 1 N–H and O–H groups in total. The van der Waals surface area contributed by atoms with Crippen molar-refractivity contribution in [1.82, 2.24) is 4.98 Å². The molecule has 2 rings (SSSR count). The normalized spacial score (nSPS) is 11.0. The summed E-state index contributed by atoms with van der Waals surface area (Å²) >= 11 is 0. The van der Waals surface area contributed by atoms with Crippen LogP contribution in [0.2, 0.25) is 0 Å². The molecule has 0 atom stereocenters. The fourth-order valence-electron chi connectivity index (χ4n) is 2.40. The Kier molecular flexibility index (Phi) is 4.23. The van der Waals surface area contributed by atoms with Gasteiger partial charge in [-0.05, 0) is 32.9 Å². The molecule has 0 saturated heterocycles. The molecule has 0 amide bonds. The van der Waals surface area contributed by atoms with Crippen LogP contribution in [-0.2, 0) is 4.79 Å². The van der Waals surface area contributed by atoms with Crippen LogP contribution >= 0.6 is 0 Å². The van der Waals surface area contributed by atoms with Gasteiger partial charge in [-0.25, -0.2) is 0 Å². The number of pyridine rings is 1. The summed E-state index contributed by atoms with van der Waals surface area (Å²) in [4.78, 5) is 17.5. The van der Waals surface area contributed by atoms with Crippen molar-refractivity contribution in [3.8, 4) is 0 Å². The lowest BCUT2D eigenvalue weighted by molar-refractivity contribution is -0.136. The van der Waals surface area contributed by atoms with Gasteiger partial charge in [0.25, 0.3) is 0 Å². The maximum Gasteiger partial charge on any atom is 0.305 e. The summed E-state index contributed by atoms with van der Waals surface area (Å²) in [6.07, 6.45) is 0.133. The second kappa shape index (κ2) is 5.90. The van der Waals surface area contributed by atoms with E-state index in [0.717, 1.165) is 22.3 Å². The van der Waals surface area contributed by atoms with E-state index in [-0.39, 0.29) is 12.5 Å². The topological polar surface area (TPSA) is 53.4 Å². The SMILES string of the molecule is Cc1cc(N(CCC(=O)O)C(C)C)c2ccccc2n1. The van der Waals surface area contributed by atoms with Gasteiger partial charge in [0.1, 0.15) is 0 Å². The van der Waals surface area contributed by atoms with E-state index in [1.165, 1.54) is 0 Å². The number of hydrogen-bond donors (Lipinski definition) is 1. The van der Waals surface area contributed by atoms with Gasteiger partial charge in [0.05, 0.1) is 11.9 Å². The number of carbonyl (C=O) groups is 1. The molecule has 4 nitrogen and oxygen atoms in total. The second-order valence-corrected chi connectivity index (χ2v) is 5.23. The maximum atomic E-state index is 10.8. The third kappa shape index (κ3) is 3.07. The third-order valence-corrected chi connectivity index (χ3v) is 3.32. The minimum Gasteiger partial charge on any atom is -0.481 e. The second-order valence-electron chi connectivity index (χ2n) is 5.23. The van der Waals surface area contributed by atoms with E-state index < -0.39 is 5.97 Å². The van der Waals surface area contributed by atoms with Crippen molar-refractivity contribution in [2.45, 2.75) is 33.2 Å². The molecule has 0 unspecified atom stereocenters. The van der Waals surface area contributed by atoms with E-state index in [0.29, 0.717) is 6.54 Å². The Morgan fingerprint density at radius 2 is 2.05 bits per heavy atom. The average Bonchev–Trinajstić information content (AvgIpc) is 2.37. The van der Waals surface area contributed by atoms with Gasteiger partial charge >= 0.3 is 5.97 Å². The lowest BCUT2D eigenvalue weighted by atomic mass is 10.1. The van der Waals surface area contributed by atoms with Crippen molar-refractivity contribution >= 4 is 22.6 Å². The summed E-state index contributed by atoms with van der Waals surface area (Å²) in [5, 5.41) is 9.99. The zero-order chi connectivity index (χ0) is 14.7. The molecule has 1 aromatic heterocycles. The van der Waals surface area contributed by atoms with Crippen LogP contribution in [0.1, 0.15) is 26.0 Å². The lowest BCUT2D eigenvalue weighted by Crippen LogP contribution is -2.33. The van der Waals surface area contributed by atoms with Gasteiger partial charge in [-0.15, -0.1) is 0 Å². The predicted molar refractivity (Wildman–Crippen MR) is 81.2 cm³/mol. The first kappa shape index (κ1) is 14.3. The standard InChI is InChI=1S/C16H20N2O2/c1-11(2)18(9-8-16(19)20)15-10-12(3)17-14-7-5-4-6-13(14)15/h4-7,10-11H,8-9H2,1-3H3,(H,19,20). The number of fused-ring (bicyclic) bond motifs is 1. The first-order chi connectivity index (χ1) is 9.49. The van der Waals surface area contributed by atoms with Crippen LogP contribution < -0.4 is 4.90 Å². The summed E-state index contributed by atoms with van der Waals surface area (Å²) in [5.41, 5.74) is 2.95. The number of hydrogen-bond acceptors (Lipinski definition) is 3. The highest BCUT2D eigenvalue weighted by atomic mass is 16.4. The van der Waals surface area contributed by atoms with Gasteiger partial charge in [-0.3, -0.25) is 9.78 Å². The van der Waals surface area contributed by atoms with Crippen LogP contribution in [0.5, 0.6) is 0 Å². The summed E-state index contributed by atoms with van der Waals surface area (Å²) in [7, 11) is 0. The van der Waals surface area contributed by atoms with Gasteiger partial charge in [0.2, 0.25) is 0 Å². The van der Waals surface area contributed by atoms with Crippen LogP contribution in [0.25, 0.3) is 10.9 Å². The molecule has 1 heterocycles. The Labute approximate surface area is 119 Å². The van der Waals surface area contributed by atoms with E-state index >= 15 is 0 Å². The van der Waals surface area contributed by atoms with E-state index in [1.54, 1.807) is 0 Å². The number of rotatable bonds is 5. The van der Waals surface area contributed by atoms with Crippen molar-refractivity contribution in [3.63, 3.8) is 0 Å². The first-order valence-corrected chi connectivity index (χ1v) is 6.84. The maximum absolute atomic E-state index is 10.8. The highest BCUT2D eigenvalue weighted by molar-refractivity contribution is 5.92. The van der Waals surface area contributed by atoms with Crippen molar-refractivity contribution in [1.29, 1.82) is 0 Å². The molecule has 4 heteroatoms. The summed E-state index contributed by atoms with van der Waals surface area (Å²) in [5.74, 6) is -0.772. The van der Waals surface area contributed by atoms with Gasteiger partial charge < -0.3 is 10.0 Å². The number of carboxylic acids is 1. The Balaban J connectivity index is 2.49.